The van der Waals surface area contributed by atoms with Gasteiger partial charge in [0.25, 0.3) is 5.91 Å². The second-order valence-electron chi connectivity index (χ2n) is 7.28. The first-order chi connectivity index (χ1) is 13.7. The van der Waals surface area contributed by atoms with E-state index in [1.807, 2.05) is 13.0 Å². The lowest BCUT2D eigenvalue weighted by Gasteiger charge is -2.30. The minimum absolute atomic E-state index is 0.0571. The maximum Gasteiger partial charge on any atom is 0.258 e. The number of hydrogen-bond acceptors (Lipinski definition) is 4. The van der Waals surface area contributed by atoms with Crippen molar-refractivity contribution in [3.63, 3.8) is 0 Å². The summed E-state index contributed by atoms with van der Waals surface area (Å²) < 4.78 is 27.7. The molecule has 1 saturated heterocycles. The van der Waals surface area contributed by atoms with Crippen LogP contribution in [0.2, 0.25) is 5.02 Å². The maximum atomic E-state index is 13.1. The molecule has 1 amide bonds. The third-order valence-corrected chi connectivity index (χ3v) is 7.43. The number of halogens is 1. The fraction of sp³-hybridized carbons (Fsp3) is 0.333. The lowest BCUT2D eigenvalue weighted by molar-refractivity contribution is 0.0993. The molecule has 1 fully saturated rings. The van der Waals surface area contributed by atoms with Gasteiger partial charge >= 0.3 is 0 Å². The number of nitriles is 1. The fourth-order valence-electron chi connectivity index (χ4n) is 3.43. The Morgan fingerprint density at radius 2 is 2.03 bits per heavy atom. The molecule has 1 heterocycles. The largest absolute Gasteiger partial charge is 0.311 e. The minimum Gasteiger partial charge on any atom is -0.311 e. The molecule has 0 saturated carbocycles. The quantitative estimate of drug-likeness (QED) is 0.734. The number of piperidine rings is 1. The van der Waals surface area contributed by atoms with Gasteiger partial charge in [-0.15, -0.1) is 0 Å². The van der Waals surface area contributed by atoms with Gasteiger partial charge in [0.2, 0.25) is 10.0 Å². The molecule has 0 N–H and O–H groups in total. The van der Waals surface area contributed by atoms with Crippen LogP contribution in [0.1, 0.15) is 35.7 Å². The summed E-state index contributed by atoms with van der Waals surface area (Å²) in [5.74, 6) is -0.110. The zero-order valence-corrected chi connectivity index (χ0v) is 17.9. The third kappa shape index (κ3) is 4.45. The molecule has 1 aliphatic rings. The van der Waals surface area contributed by atoms with Crippen LogP contribution >= 0.6 is 11.6 Å². The molecule has 2 aromatic carbocycles. The van der Waals surface area contributed by atoms with Crippen molar-refractivity contribution in [3.8, 4) is 6.07 Å². The number of nitrogens with zero attached hydrogens (tertiary/aromatic N) is 3. The van der Waals surface area contributed by atoms with Crippen molar-refractivity contribution in [2.45, 2.75) is 24.7 Å². The van der Waals surface area contributed by atoms with Crippen molar-refractivity contribution >= 4 is 33.2 Å². The molecule has 2 aromatic rings. The molecular formula is C21H22ClN3O3S. The standard InChI is InChI=1S/C21H22ClN3O3S/c1-15-5-4-10-25(14-15)29(27,28)20-12-17(8-9-19(20)22)21(26)24(2)18-7-3-6-16(11-18)13-23/h3,6-9,11-12,15H,4-5,10,14H2,1-2H3. The van der Waals surface area contributed by atoms with Gasteiger partial charge in [0.05, 0.1) is 16.7 Å². The van der Waals surface area contributed by atoms with Crippen LogP contribution in [0.3, 0.4) is 0 Å². The maximum absolute atomic E-state index is 13.1. The molecule has 29 heavy (non-hydrogen) atoms. The average molecular weight is 432 g/mol. The van der Waals surface area contributed by atoms with Crippen LogP contribution < -0.4 is 4.90 Å². The third-order valence-electron chi connectivity index (χ3n) is 5.08. The highest BCUT2D eigenvalue weighted by Crippen LogP contribution is 2.30. The summed E-state index contributed by atoms with van der Waals surface area (Å²) in [6.45, 7) is 2.91. The first-order valence-electron chi connectivity index (χ1n) is 9.32. The molecule has 3 rings (SSSR count). The Balaban J connectivity index is 1.94. The zero-order chi connectivity index (χ0) is 21.2. The second-order valence-corrected chi connectivity index (χ2v) is 9.60. The molecule has 1 aliphatic heterocycles. The number of amides is 1. The summed E-state index contributed by atoms with van der Waals surface area (Å²) in [7, 11) is -2.22. The number of rotatable bonds is 4. The van der Waals surface area contributed by atoms with Crippen LogP contribution in [-0.2, 0) is 10.0 Å². The molecular weight excluding hydrogens is 410 g/mol. The van der Waals surface area contributed by atoms with Crippen LogP contribution in [0, 0.1) is 17.2 Å². The van der Waals surface area contributed by atoms with E-state index in [0.717, 1.165) is 12.8 Å². The summed E-state index contributed by atoms with van der Waals surface area (Å²) in [6, 6.07) is 13.0. The van der Waals surface area contributed by atoms with Gasteiger partial charge in [-0.25, -0.2) is 8.42 Å². The lowest BCUT2D eigenvalue weighted by Crippen LogP contribution is -2.39. The van der Waals surface area contributed by atoms with Gasteiger partial charge in [-0.3, -0.25) is 4.79 Å². The highest BCUT2D eigenvalue weighted by molar-refractivity contribution is 7.89. The van der Waals surface area contributed by atoms with E-state index < -0.39 is 10.0 Å². The smallest absolute Gasteiger partial charge is 0.258 e. The van der Waals surface area contributed by atoms with Crippen molar-refractivity contribution in [2.75, 3.05) is 25.0 Å². The predicted molar refractivity (Wildman–Crippen MR) is 112 cm³/mol. The van der Waals surface area contributed by atoms with Crippen molar-refractivity contribution < 1.29 is 13.2 Å². The Hall–Kier alpha value is -2.40. The number of anilines is 1. The average Bonchev–Trinajstić information content (AvgIpc) is 2.73. The van der Waals surface area contributed by atoms with E-state index in [4.69, 9.17) is 16.9 Å². The van der Waals surface area contributed by atoms with E-state index in [1.165, 1.54) is 27.4 Å². The molecule has 0 aliphatic carbocycles. The van der Waals surface area contributed by atoms with Crippen LogP contribution in [-0.4, -0.2) is 38.8 Å². The van der Waals surface area contributed by atoms with Crippen molar-refractivity contribution in [1.82, 2.24) is 4.31 Å². The fourth-order valence-corrected chi connectivity index (χ4v) is 5.53. The highest BCUT2D eigenvalue weighted by atomic mass is 35.5. The first kappa shape index (κ1) is 21.3. The van der Waals surface area contributed by atoms with Gasteiger partial charge in [-0.1, -0.05) is 24.6 Å². The molecule has 0 radical (unpaired) electrons. The van der Waals surface area contributed by atoms with Crippen LogP contribution in [0.25, 0.3) is 0 Å². The predicted octanol–water partition coefficient (Wildman–Crippen LogP) is 3.91. The highest BCUT2D eigenvalue weighted by Gasteiger charge is 2.31. The molecule has 6 nitrogen and oxygen atoms in total. The number of sulfonamides is 1. The van der Waals surface area contributed by atoms with Gasteiger partial charge in [0, 0.05) is 31.4 Å². The van der Waals surface area contributed by atoms with E-state index in [2.05, 4.69) is 0 Å². The first-order valence-corrected chi connectivity index (χ1v) is 11.1. The minimum atomic E-state index is -3.80. The van der Waals surface area contributed by atoms with E-state index in [1.54, 1.807) is 31.3 Å². The molecule has 152 valence electrons. The molecule has 0 bridgehead atoms. The van der Waals surface area contributed by atoms with Gasteiger partial charge in [-0.2, -0.15) is 9.57 Å². The number of carbonyl (C=O) groups is 1. The van der Waals surface area contributed by atoms with Gasteiger partial charge < -0.3 is 4.90 Å². The van der Waals surface area contributed by atoms with Gasteiger partial charge in [-0.05, 0) is 55.2 Å². The van der Waals surface area contributed by atoms with Crippen molar-refractivity contribution in [2.24, 2.45) is 5.92 Å². The summed E-state index contributed by atoms with van der Waals surface area (Å²) in [4.78, 5) is 14.3. The summed E-state index contributed by atoms with van der Waals surface area (Å²) >= 11 is 6.21. The van der Waals surface area contributed by atoms with E-state index >= 15 is 0 Å². The van der Waals surface area contributed by atoms with Crippen molar-refractivity contribution in [3.05, 3.63) is 58.6 Å². The molecule has 1 unspecified atom stereocenters. The summed E-state index contributed by atoms with van der Waals surface area (Å²) in [5.41, 5.74) is 1.18. The SMILES string of the molecule is CC1CCCN(S(=O)(=O)c2cc(C(=O)N(C)c3cccc(C#N)c3)ccc2Cl)C1. The zero-order valence-electron chi connectivity index (χ0n) is 16.3. The van der Waals surface area contributed by atoms with Gasteiger partial charge in [0.15, 0.2) is 0 Å². The normalized spacial score (nSPS) is 17.5. The molecule has 1 atom stereocenters. The van der Waals surface area contributed by atoms with Crippen LogP contribution in [0.15, 0.2) is 47.4 Å². The Bertz CT molecular complexity index is 1080. The topological polar surface area (TPSA) is 81.5 Å². The van der Waals surface area contributed by atoms with E-state index in [9.17, 15) is 13.2 Å². The monoisotopic (exact) mass is 431 g/mol. The Morgan fingerprint density at radius 3 is 2.72 bits per heavy atom. The Labute approximate surface area is 176 Å². The number of hydrogen-bond donors (Lipinski definition) is 0. The van der Waals surface area contributed by atoms with Crippen LogP contribution in [0.5, 0.6) is 0 Å². The number of carbonyl (C=O) groups excluding carboxylic acids is 1. The van der Waals surface area contributed by atoms with Crippen molar-refractivity contribution in [1.29, 1.82) is 5.26 Å². The Morgan fingerprint density at radius 1 is 1.28 bits per heavy atom. The summed E-state index contributed by atoms with van der Waals surface area (Å²) in [6.07, 6.45) is 1.79. The Kier molecular flexibility index (Phi) is 6.27. The second kappa shape index (κ2) is 8.54. The summed E-state index contributed by atoms with van der Waals surface area (Å²) in [5, 5.41) is 9.15. The van der Waals surface area contributed by atoms with E-state index in [0.29, 0.717) is 24.3 Å². The molecule has 0 aromatic heterocycles. The van der Waals surface area contributed by atoms with Gasteiger partial charge in [0.1, 0.15) is 4.90 Å². The molecule has 8 heteroatoms. The number of benzene rings is 2. The van der Waals surface area contributed by atoms with Crippen LogP contribution in [0.4, 0.5) is 5.69 Å². The molecule has 0 spiro atoms. The van der Waals surface area contributed by atoms with E-state index in [-0.39, 0.29) is 27.3 Å². The lowest BCUT2D eigenvalue weighted by atomic mass is 10.0.